The van der Waals surface area contributed by atoms with E-state index >= 15 is 0 Å². The Kier molecular flexibility index (Phi) is 5.55. The van der Waals surface area contributed by atoms with Gasteiger partial charge >= 0.3 is 0 Å². The largest absolute Gasteiger partial charge is 0.394 e. The van der Waals surface area contributed by atoms with E-state index in [9.17, 15) is 13.2 Å². The number of hydrogen-bond donors (Lipinski definition) is 2. The number of nitrogens with one attached hydrogen (secondary N) is 1. The van der Waals surface area contributed by atoms with Gasteiger partial charge in [-0.05, 0) is 31.9 Å². The molecule has 1 aliphatic rings. The Morgan fingerprint density at radius 1 is 1.36 bits per heavy atom. The molecular formula is C15H22N2O4S. The first-order chi connectivity index (χ1) is 10.5. The van der Waals surface area contributed by atoms with Crippen LogP contribution in [0.4, 0.5) is 0 Å². The topological polar surface area (TPSA) is 86.7 Å². The Labute approximate surface area is 131 Å². The molecule has 1 aromatic rings. The molecule has 2 atom stereocenters. The van der Waals surface area contributed by atoms with Crippen molar-refractivity contribution in [3.8, 4) is 0 Å². The maximum atomic E-state index is 12.8. The van der Waals surface area contributed by atoms with E-state index in [2.05, 4.69) is 5.32 Å². The number of rotatable bonds is 5. The summed E-state index contributed by atoms with van der Waals surface area (Å²) >= 11 is 0. The first-order valence-corrected chi connectivity index (χ1v) is 8.89. The summed E-state index contributed by atoms with van der Waals surface area (Å²) in [6.07, 6.45) is 2.05. The van der Waals surface area contributed by atoms with Crippen LogP contribution in [0.1, 0.15) is 26.2 Å². The molecule has 0 aliphatic carbocycles. The van der Waals surface area contributed by atoms with Crippen LogP contribution in [-0.4, -0.2) is 49.0 Å². The van der Waals surface area contributed by atoms with E-state index in [0.717, 1.165) is 12.8 Å². The molecular weight excluding hydrogens is 304 g/mol. The van der Waals surface area contributed by atoms with Crippen LogP contribution in [0, 0.1) is 0 Å². The van der Waals surface area contributed by atoms with E-state index in [4.69, 9.17) is 5.11 Å². The molecule has 2 N–H and O–H groups in total. The van der Waals surface area contributed by atoms with Crippen LogP contribution < -0.4 is 5.32 Å². The first-order valence-electron chi connectivity index (χ1n) is 7.45. The highest BCUT2D eigenvalue weighted by Gasteiger charge is 2.37. The van der Waals surface area contributed by atoms with Crippen LogP contribution in [0.3, 0.4) is 0 Å². The fourth-order valence-corrected chi connectivity index (χ4v) is 4.24. The quantitative estimate of drug-likeness (QED) is 0.835. The average molecular weight is 326 g/mol. The zero-order valence-electron chi connectivity index (χ0n) is 12.6. The lowest BCUT2D eigenvalue weighted by molar-refractivity contribution is -0.126. The van der Waals surface area contributed by atoms with Crippen LogP contribution in [0.5, 0.6) is 0 Å². The summed E-state index contributed by atoms with van der Waals surface area (Å²) in [7, 11) is -3.69. The Bertz CT molecular complexity index is 603. The lowest BCUT2D eigenvalue weighted by atomic mass is 10.0. The fourth-order valence-electron chi connectivity index (χ4n) is 2.57. The molecule has 0 bridgehead atoms. The Balaban J connectivity index is 2.25. The summed E-state index contributed by atoms with van der Waals surface area (Å²) in [6, 6.07) is 7.05. The number of benzene rings is 1. The molecule has 122 valence electrons. The van der Waals surface area contributed by atoms with E-state index in [1.165, 1.54) is 16.4 Å². The van der Waals surface area contributed by atoms with Gasteiger partial charge in [-0.25, -0.2) is 8.42 Å². The van der Waals surface area contributed by atoms with Crippen LogP contribution in [0.2, 0.25) is 0 Å². The Morgan fingerprint density at radius 2 is 2.05 bits per heavy atom. The van der Waals surface area contributed by atoms with Gasteiger partial charge in [0, 0.05) is 12.6 Å². The molecule has 1 aliphatic heterocycles. The number of hydrogen-bond acceptors (Lipinski definition) is 4. The molecule has 2 unspecified atom stereocenters. The first kappa shape index (κ1) is 16.9. The van der Waals surface area contributed by atoms with Crippen molar-refractivity contribution in [1.82, 2.24) is 9.62 Å². The standard InChI is InChI=1S/C15H22N2O4S/c1-12(11-18)16-15(19)14-9-5-6-10-17(14)22(20,21)13-7-3-2-4-8-13/h2-4,7-8,12,14,18H,5-6,9-11H2,1H3,(H,16,19). The molecule has 0 radical (unpaired) electrons. The number of aliphatic hydroxyl groups excluding tert-OH is 1. The third-order valence-electron chi connectivity index (χ3n) is 3.77. The summed E-state index contributed by atoms with van der Waals surface area (Å²) in [5.74, 6) is -0.347. The minimum atomic E-state index is -3.69. The van der Waals surface area contributed by atoms with Crippen molar-refractivity contribution in [2.45, 2.75) is 43.2 Å². The third kappa shape index (κ3) is 3.66. The minimum Gasteiger partial charge on any atom is -0.394 e. The summed E-state index contributed by atoms with van der Waals surface area (Å²) in [5.41, 5.74) is 0. The fraction of sp³-hybridized carbons (Fsp3) is 0.533. The van der Waals surface area contributed by atoms with E-state index in [1.807, 2.05) is 0 Å². The SMILES string of the molecule is CC(CO)NC(=O)C1CCCCN1S(=O)(=O)c1ccccc1. The summed E-state index contributed by atoms with van der Waals surface area (Å²) in [6.45, 7) is 1.84. The van der Waals surface area contributed by atoms with Crippen molar-refractivity contribution in [1.29, 1.82) is 0 Å². The van der Waals surface area contributed by atoms with Crippen molar-refractivity contribution < 1.29 is 18.3 Å². The molecule has 6 nitrogen and oxygen atoms in total. The number of amides is 1. The molecule has 1 saturated heterocycles. The molecule has 1 fully saturated rings. The highest BCUT2D eigenvalue weighted by molar-refractivity contribution is 7.89. The molecule has 7 heteroatoms. The summed E-state index contributed by atoms with van der Waals surface area (Å²) < 4.78 is 26.8. The molecule has 0 spiro atoms. The molecule has 1 amide bonds. The second kappa shape index (κ2) is 7.21. The number of carbonyl (C=O) groups excluding carboxylic acids is 1. The third-order valence-corrected chi connectivity index (χ3v) is 5.69. The van der Waals surface area contributed by atoms with Crippen molar-refractivity contribution in [3.63, 3.8) is 0 Å². The van der Waals surface area contributed by atoms with Crippen LogP contribution in [0.25, 0.3) is 0 Å². The lowest BCUT2D eigenvalue weighted by Gasteiger charge is -2.34. The Morgan fingerprint density at radius 3 is 2.68 bits per heavy atom. The lowest BCUT2D eigenvalue weighted by Crippen LogP contribution is -2.53. The highest BCUT2D eigenvalue weighted by atomic mass is 32.2. The van der Waals surface area contributed by atoms with Crippen LogP contribution in [-0.2, 0) is 14.8 Å². The zero-order chi connectivity index (χ0) is 16.2. The smallest absolute Gasteiger partial charge is 0.243 e. The number of piperidine rings is 1. The number of carbonyl (C=O) groups is 1. The normalized spacial score (nSPS) is 21.3. The van der Waals surface area contributed by atoms with Gasteiger partial charge in [-0.2, -0.15) is 4.31 Å². The maximum absolute atomic E-state index is 12.8. The van der Waals surface area contributed by atoms with Crippen LogP contribution in [0.15, 0.2) is 35.2 Å². The van der Waals surface area contributed by atoms with Crippen molar-refractivity contribution in [2.24, 2.45) is 0 Å². The predicted octanol–water partition coefficient (Wildman–Crippen LogP) is 0.727. The number of sulfonamides is 1. The molecule has 2 rings (SSSR count). The molecule has 22 heavy (non-hydrogen) atoms. The van der Waals surface area contributed by atoms with E-state index in [-0.39, 0.29) is 17.4 Å². The number of aliphatic hydroxyl groups is 1. The predicted molar refractivity (Wildman–Crippen MR) is 82.7 cm³/mol. The van der Waals surface area contributed by atoms with Gasteiger partial charge in [-0.1, -0.05) is 24.6 Å². The van der Waals surface area contributed by atoms with E-state index in [0.29, 0.717) is 13.0 Å². The summed E-state index contributed by atoms with van der Waals surface area (Å²) in [4.78, 5) is 12.5. The van der Waals surface area contributed by atoms with Crippen molar-refractivity contribution in [3.05, 3.63) is 30.3 Å². The molecule has 1 aromatic carbocycles. The molecule has 1 heterocycles. The van der Waals surface area contributed by atoms with Crippen LogP contribution >= 0.6 is 0 Å². The van der Waals surface area contributed by atoms with E-state index in [1.54, 1.807) is 25.1 Å². The molecule has 0 saturated carbocycles. The van der Waals surface area contributed by atoms with Crippen molar-refractivity contribution >= 4 is 15.9 Å². The van der Waals surface area contributed by atoms with Gasteiger partial charge < -0.3 is 10.4 Å². The maximum Gasteiger partial charge on any atom is 0.243 e. The van der Waals surface area contributed by atoms with Gasteiger partial charge in [0.15, 0.2) is 0 Å². The van der Waals surface area contributed by atoms with Crippen molar-refractivity contribution in [2.75, 3.05) is 13.2 Å². The van der Waals surface area contributed by atoms with E-state index < -0.39 is 22.1 Å². The van der Waals surface area contributed by atoms with Gasteiger partial charge in [0.25, 0.3) is 0 Å². The van der Waals surface area contributed by atoms with Gasteiger partial charge in [-0.3, -0.25) is 4.79 Å². The molecule has 0 aromatic heterocycles. The summed E-state index contributed by atoms with van der Waals surface area (Å²) in [5, 5.41) is 11.7. The van der Waals surface area contributed by atoms with Gasteiger partial charge in [0.05, 0.1) is 11.5 Å². The van der Waals surface area contributed by atoms with Gasteiger partial charge in [0.1, 0.15) is 6.04 Å². The second-order valence-corrected chi connectivity index (χ2v) is 7.42. The monoisotopic (exact) mass is 326 g/mol. The number of nitrogens with zero attached hydrogens (tertiary/aromatic N) is 1. The highest BCUT2D eigenvalue weighted by Crippen LogP contribution is 2.25. The second-order valence-electron chi connectivity index (χ2n) is 5.53. The average Bonchev–Trinajstić information content (AvgIpc) is 2.55. The van der Waals surface area contributed by atoms with Gasteiger partial charge in [-0.15, -0.1) is 0 Å². The minimum absolute atomic E-state index is 0.177. The van der Waals surface area contributed by atoms with Gasteiger partial charge in [0.2, 0.25) is 15.9 Å². The Hall–Kier alpha value is -1.44. The zero-order valence-corrected chi connectivity index (χ0v) is 13.4.